The Morgan fingerprint density at radius 2 is 2.53 bits per heavy atom. The van der Waals surface area contributed by atoms with Crippen molar-refractivity contribution in [1.29, 1.82) is 0 Å². The molecule has 3 nitrogen and oxygen atoms in total. The maximum Gasteiger partial charge on any atom is 0.0929 e. The summed E-state index contributed by atoms with van der Waals surface area (Å²) in [5, 5.41) is 15.5. The Morgan fingerprint density at radius 3 is 3.27 bits per heavy atom. The van der Waals surface area contributed by atoms with E-state index in [1.807, 2.05) is 0 Å². The lowest BCUT2D eigenvalue weighted by Crippen LogP contribution is -2.28. The molecule has 1 aliphatic rings. The third-order valence-corrected chi connectivity index (χ3v) is 3.76. The highest BCUT2D eigenvalue weighted by atomic mass is 32.1. The molecule has 1 aromatic heterocycles. The van der Waals surface area contributed by atoms with Gasteiger partial charge in [0.15, 0.2) is 0 Å². The van der Waals surface area contributed by atoms with Gasteiger partial charge in [0.25, 0.3) is 0 Å². The average Bonchev–Trinajstić information content (AvgIpc) is 2.76. The van der Waals surface area contributed by atoms with Crippen LogP contribution in [-0.2, 0) is 6.42 Å². The van der Waals surface area contributed by atoms with Crippen molar-refractivity contribution in [3.8, 4) is 0 Å². The van der Waals surface area contributed by atoms with Crippen LogP contribution in [0.3, 0.4) is 0 Å². The van der Waals surface area contributed by atoms with E-state index >= 15 is 0 Å². The standard InChI is InChI=1S/C11H18N2OS/c14-6-2-4-11-13-10(8-15-11)9-3-1-5-12-7-9/h8-9,12,14H,1-7H2. The minimum atomic E-state index is 0.264. The van der Waals surface area contributed by atoms with Crippen molar-refractivity contribution in [3.63, 3.8) is 0 Å². The number of rotatable bonds is 4. The van der Waals surface area contributed by atoms with E-state index < -0.39 is 0 Å². The molecule has 15 heavy (non-hydrogen) atoms. The van der Waals surface area contributed by atoms with Crippen molar-refractivity contribution in [3.05, 3.63) is 16.1 Å². The first-order chi connectivity index (χ1) is 7.40. The van der Waals surface area contributed by atoms with Gasteiger partial charge in [-0.25, -0.2) is 4.98 Å². The molecule has 0 amide bonds. The van der Waals surface area contributed by atoms with E-state index in [2.05, 4.69) is 15.7 Å². The number of nitrogens with one attached hydrogen (secondary N) is 1. The van der Waals surface area contributed by atoms with E-state index in [-0.39, 0.29) is 6.61 Å². The lowest BCUT2D eigenvalue weighted by atomic mass is 9.97. The molecular formula is C11H18N2OS. The Bertz CT molecular complexity index is 295. The molecule has 0 aromatic carbocycles. The minimum absolute atomic E-state index is 0.264. The third kappa shape index (κ3) is 3.00. The van der Waals surface area contributed by atoms with Crippen molar-refractivity contribution in [2.75, 3.05) is 19.7 Å². The molecule has 0 spiro atoms. The van der Waals surface area contributed by atoms with Gasteiger partial charge in [0.2, 0.25) is 0 Å². The highest BCUT2D eigenvalue weighted by Gasteiger charge is 2.17. The zero-order valence-corrected chi connectivity index (χ0v) is 9.72. The van der Waals surface area contributed by atoms with Crippen LogP contribution in [0.15, 0.2) is 5.38 Å². The van der Waals surface area contributed by atoms with Crippen LogP contribution in [0.5, 0.6) is 0 Å². The molecule has 84 valence electrons. The second-order valence-electron chi connectivity index (χ2n) is 4.04. The van der Waals surface area contributed by atoms with Crippen molar-refractivity contribution in [1.82, 2.24) is 10.3 Å². The van der Waals surface area contributed by atoms with Gasteiger partial charge in [0.1, 0.15) is 0 Å². The molecule has 1 atom stereocenters. The zero-order valence-electron chi connectivity index (χ0n) is 8.91. The van der Waals surface area contributed by atoms with E-state index in [1.54, 1.807) is 11.3 Å². The quantitative estimate of drug-likeness (QED) is 0.818. The van der Waals surface area contributed by atoms with Crippen LogP contribution < -0.4 is 5.32 Å². The number of hydrogen-bond acceptors (Lipinski definition) is 4. The van der Waals surface area contributed by atoms with Crippen LogP contribution in [0.25, 0.3) is 0 Å². The second kappa shape index (κ2) is 5.58. The van der Waals surface area contributed by atoms with Gasteiger partial charge in [-0.05, 0) is 25.8 Å². The first kappa shape index (κ1) is 11.0. The predicted octanol–water partition coefficient (Wildman–Crippen LogP) is 1.53. The topological polar surface area (TPSA) is 45.2 Å². The fourth-order valence-corrected chi connectivity index (χ4v) is 2.88. The Morgan fingerprint density at radius 1 is 1.60 bits per heavy atom. The monoisotopic (exact) mass is 226 g/mol. The summed E-state index contributed by atoms with van der Waals surface area (Å²) >= 11 is 1.73. The number of nitrogens with zero attached hydrogens (tertiary/aromatic N) is 1. The van der Waals surface area contributed by atoms with Gasteiger partial charge >= 0.3 is 0 Å². The highest BCUT2D eigenvalue weighted by molar-refractivity contribution is 7.09. The Labute approximate surface area is 94.5 Å². The summed E-state index contributed by atoms with van der Waals surface area (Å²) in [6.45, 7) is 2.49. The van der Waals surface area contributed by atoms with Gasteiger partial charge in [-0.15, -0.1) is 11.3 Å². The Hall–Kier alpha value is -0.450. The number of thiazole rings is 1. The molecule has 2 rings (SSSR count). The highest BCUT2D eigenvalue weighted by Crippen LogP contribution is 2.24. The first-order valence-corrected chi connectivity index (χ1v) is 6.54. The molecule has 1 aromatic rings. The van der Waals surface area contributed by atoms with E-state index in [1.165, 1.54) is 23.5 Å². The van der Waals surface area contributed by atoms with Crippen molar-refractivity contribution >= 4 is 11.3 Å². The van der Waals surface area contributed by atoms with Gasteiger partial charge in [-0.3, -0.25) is 0 Å². The molecule has 2 heterocycles. The van der Waals surface area contributed by atoms with Crippen LogP contribution in [0.1, 0.15) is 35.9 Å². The summed E-state index contributed by atoms with van der Waals surface area (Å²) in [6, 6.07) is 0. The Kier molecular flexibility index (Phi) is 4.11. The number of aryl methyl sites for hydroxylation is 1. The maximum atomic E-state index is 8.75. The second-order valence-corrected chi connectivity index (χ2v) is 4.98. The summed E-state index contributed by atoms with van der Waals surface area (Å²) in [4.78, 5) is 4.64. The predicted molar refractivity (Wildman–Crippen MR) is 62.4 cm³/mol. The van der Waals surface area contributed by atoms with E-state index in [0.29, 0.717) is 5.92 Å². The van der Waals surface area contributed by atoms with Crippen molar-refractivity contribution < 1.29 is 5.11 Å². The number of piperidine rings is 1. The van der Waals surface area contributed by atoms with E-state index in [4.69, 9.17) is 5.11 Å². The molecule has 0 aliphatic carbocycles. The van der Waals surface area contributed by atoms with Crippen molar-refractivity contribution in [2.45, 2.75) is 31.6 Å². The minimum Gasteiger partial charge on any atom is -0.396 e. The van der Waals surface area contributed by atoms with E-state index in [9.17, 15) is 0 Å². The van der Waals surface area contributed by atoms with Gasteiger partial charge in [0, 0.05) is 30.9 Å². The number of hydrogen-bond donors (Lipinski definition) is 2. The number of aliphatic hydroxyl groups is 1. The maximum absolute atomic E-state index is 8.75. The average molecular weight is 226 g/mol. The van der Waals surface area contributed by atoms with Crippen LogP contribution >= 0.6 is 11.3 Å². The smallest absolute Gasteiger partial charge is 0.0929 e. The van der Waals surface area contributed by atoms with Crippen LogP contribution in [-0.4, -0.2) is 29.8 Å². The summed E-state index contributed by atoms with van der Waals surface area (Å²) in [7, 11) is 0. The molecule has 4 heteroatoms. The first-order valence-electron chi connectivity index (χ1n) is 5.66. The van der Waals surface area contributed by atoms with Crippen molar-refractivity contribution in [2.24, 2.45) is 0 Å². The molecule has 2 N–H and O–H groups in total. The molecule has 0 saturated carbocycles. The van der Waals surface area contributed by atoms with Gasteiger partial charge < -0.3 is 10.4 Å². The molecule has 1 unspecified atom stereocenters. The SMILES string of the molecule is OCCCc1nc(C2CCCNC2)cs1. The van der Waals surface area contributed by atoms with Crippen LogP contribution in [0, 0.1) is 0 Å². The van der Waals surface area contributed by atoms with E-state index in [0.717, 1.165) is 25.9 Å². The molecule has 1 saturated heterocycles. The fourth-order valence-electron chi connectivity index (χ4n) is 1.96. The number of aliphatic hydroxyl groups excluding tert-OH is 1. The number of aromatic nitrogens is 1. The lowest BCUT2D eigenvalue weighted by Gasteiger charge is -2.20. The van der Waals surface area contributed by atoms with Gasteiger partial charge in [-0.1, -0.05) is 0 Å². The zero-order chi connectivity index (χ0) is 10.5. The lowest BCUT2D eigenvalue weighted by molar-refractivity contribution is 0.288. The van der Waals surface area contributed by atoms with Gasteiger partial charge in [0.05, 0.1) is 10.7 Å². The molecule has 1 aliphatic heterocycles. The normalized spacial score (nSPS) is 21.8. The summed E-state index contributed by atoms with van der Waals surface area (Å²) in [5.74, 6) is 0.609. The van der Waals surface area contributed by atoms with Crippen LogP contribution in [0.4, 0.5) is 0 Å². The third-order valence-electron chi connectivity index (χ3n) is 2.83. The Balaban J connectivity index is 1.93. The largest absolute Gasteiger partial charge is 0.396 e. The summed E-state index contributed by atoms with van der Waals surface area (Å²) in [6.07, 6.45) is 4.27. The summed E-state index contributed by atoms with van der Waals surface area (Å²) < 4.78 is 0. The fraction of sp³-hybridized carbons (Fsp3) is 0.727. The van der Waals surface area contributed by atoms with Crippen LogP contribution in [0.2, 0.25) is 0 Å². The molecule has 1 fully saturated rings. The molecule has 0 bridgehead atoms. The molecule has 0 radical (unpaired) electrons. The molecular weight excluding hydrogens is 208 g/mol. The summed E-state index contributed by atoms with van der Waals surface area (Å²) in [5.41, 5.74) is 1.25. The van der Waals surface area contributed by atoms with Gasteiger partial charge in [-0.2, -0.15) is 0 Å².